The van der Waals surface area contributed by atoms with Crippen LogP contribution in [-0.4, -0.2) is 26.9 Å². The second-order valence-corrected chi connectivity index (χ2v) is 6.96. The topological polar surface area (TPSA) is 55.2 Å². The van der Waals surface area contributed by atoms with Gasteiger partial charge in [0.05, 0.1) is 0 Å². The van der Waals surface area contributed by atoms with Crippen molar-refractivity contribution >= 4 is 17.2 Å². The van der Waals surface area contributed by atoms with Crippen molar-refractivity contribution in [1.29, 1.82) is 0 Å². The Kier molecular flexibility index (Phi) is 5.96. The average Bonchev–Trinajstić information content (AvgIpc) is 2.98. The normalized spacial score (nSPS) is 10.7. The van der Waals surface area contributed by atoms with Crippen molar-refractivity contribution in [2.24, 2.45) is 0 Å². The number of carbonyl (C=O) groups excluding carboxylic acids is 1. The van der Waals surface area contributed by atoms with E-state index in [4.69, 9.17) is 0 Å². The molecule has 26 heavy (non-hydrogen) atoms. The minimum atomic E-state index is -0.0970. The molecule has 0 saturated heterocycles. The summed E-state index contributed by atoms with van der Waals surface area (Å²) in [7, 11) is 0. The minimum absolute atomic E-state index is 0.0617. The van der Waals surface area contributed by atoms with Gasteiger partial charge >= 0.3 is 4.87 Å². The van der Waals surface area contributed by atoms with E-state index in [1.807, 2.05) is 37.3 Å². The molecule has 3 aromatic rings. The predicted molar refractivity (Wildman–Crippen MR) is 103 cm³/mol. The number of amides is 1. The van der Waals surface area contributed by atoms with Crippen LogP contribution in [0.15, 0.2) is 65.0 Å². The number of carbonyl (C=O) groups is 1. The van der Waals surface area contributed by atoms with Crippen molar-refractivity contribution in [3.8, 4) is 0 Å². The molecule has 3 rings (SSSR count). The maximum atomic E-state index is 12.9. The molecule has 5 nitrogen and oxygen atoms in total. The van der Waals surface area contributed by atoms with Gasteiger partial charge in [0.1, 0.15) is 6.54 Å². The number of rotatable bonds is 7. The van der Waals surface area contributed by atoms with E-state index in [2.05, 4.69) is 17.1 Å². The van der Waals surface area contributed by atoms with Crippen molar-refractivity contribution < 1.29 is 4.79 Å². The van der Waals surface area contributed by atoms with E-state index in [-0.39, 0.29) is 17.3 Å². The lowest BCUT2D eigenvalue weighted by molar-refractivity contribution is -0.132. The summed E-state index contributed by atoms with van der Waals surface area (Å²) in [5.41, 5.74) is 2.97. The highest BCUT2D eigenvalue weighted by Gasteiger charge is 2.17. The standard InChI is InChI=1S/C20H21N3O2S/c1-16-15-26-20(25)23(16)14-19(24)22(13-18-8-5-10-21-12-18)11-9-17-6-3-2-4-7-17/h2-8,10,12,15H,9,11,13-14H2,1H3. The highest BCUT2D eigenvalue weighted by atomic mass is 32.1. The van der Waals surface area contributed by atoms with Crippen molar-refractivity contribution in [2.45, 2.75) is 26.4 Å². The number of aryl methyl sites for hydroxylation is 1. The lowest BCUT2D eigenvalue weighted by atomic mass is 10.1. The lowest BCUT2D eigenvalue weighted by Crippen LogP contribution is -2.37. The minimum Gasteiger partial charge on any atom is -0.336 e. The highest BCUT2D eigenvalue weighted by Crippen LogP contribution is 2.09. The molecule has 0 saturated carbocycles. The Hall–Kier alpha value is -2.73. The summed E-state index contributed by atoms with van der Waals surface area (Å²) in [5, 5.41) is 1.78. The fourth-order valence-electron chi connectivity index (χ4n) is 2.74. The molecule has 1 aromatic carbocycles. The molecule has 0 atom stereocenters. The molecular formula is C20H21N3O2S. The van der Waals surface area contributed by atoms with Gasteiger partial charge in [-0.05, 0) is 30.5 Å². The third-order valence-corrected chi connectivity index (χ3v) is 5.11. The van der Waals surface area contributed by atoms with Crippen molar-refractivity contribution in [3.63, 3.8) is 0 Å². The number of hydrogen-bond acceptors (Lipinski definition) is 4. The summed E-state index contributed by atoms with van der Waals surface area (Å²) < 4.78 is 1.53. The molecule has 2 heterocycles. The summed E-state index contributed by atoms with van der Waals surface area (Å²) in [6.45, 7) is 3.00. The van der Waals surface area contributed by atoms with Crippen LogP contribution in [0.5, 0.6) is 0 Å². The first-order chi connectivity index (χ1) is 12.6. The van der Waals surface area contributed by atoms with Gasteiger partial charge in [-0.25, -0.2) is 0 Å². The number of nitrogens with zero attached hydrogens (tertiary/aromatic N) is 3. The molecule has 2 aromatic heterocycles. The zero-order valence-corrected chi connectivity index (χ0v) is 15.5. The van der Waals surface area contributed by atoms with Crippen LogP contribution < -0.4 is 4.87 Å². The largest absolute Gasteiger partial charge is 0.336 e. The van der Waals surface area contributed by atoms with Gasteiger partial charge < -0.3 is 4.90 Å². The van der Waals surface area contributed by atoms with Crippen LogP contribution in [0.25, 0.3) is 0 Å². The number of benzene rings is 1. The van der Waals surface area contributed by atoms with Crippen LogP contribution in [0.3, 0.4) is 0 Å². The maximum Gasteiger partial charge on any atom is 0.307 e. The highest BCUT2D eigenvalue weighted by molar-refractivity contribution is 7.07. The van der Waals surface area contributed by atoms with Crippen LogP contribution in [0.1, 0.15) is 16.8 Å². The third kappa shape index (κ3) is 4.67. The molecule has 0 spiro atoms. The SMILES string of the molecule is Cc1csc(=O)n1CC(=O)N(CCc1ccccc1)Cc1cccnc1. The van der Waals surface area contributed by atoms with Gasteiger partial charge in [-0.15, -0.1) is 0 Å². The summed E-state index contributed by atoms with van der Waals surface area (Å²) in [6, 6.07) is 13.9. The average molecular weight is 367 g/mol. The summed E-state index contributed by atoms with van der Waals surface area (Å²) in [5.74, 6) is -0.0617. The van der Waals surface area contributed by atoms with Gasteiger partial charge in [-0.3, -0.25) is 19.1 Å². The van der Waals surface area contributed by atoms with Crippen LogP contribution in [0.4, 0.5) is 0 Å². The first kappa shape index (κ1) is 18.1. The van der Waals surface area contributed by atoms with Gasteiger partial charge in [-0.2, -0.15) is 0 Å². The van der Waals surface area contributed by atoms with E-state index in [1.165, 1.54) is 10.1 Å². The zero-order valence-electron chi connectivity index (χ0n) is 14.7. The van der Waals surface area contributed by atoms with Crippen molar-refractivity contribution in [1.82, 2.24) is 14.5 Å². The fraction of sp³-hybridized carbons (Fsp3) is 0.250. The molecule has 1 amide bonds. The fourth-order valence-corrected chi connectivity index (χ4v) is 3.48. The first-order valence-corrected chi connectivity index (χ1v) is 9.37. The lowest BCUT2D eigenvalue weighted by Gasteiger charge is -2.23. The number of thiazole rings is 1. The molecule has 0 aliphatic heterocycles. The molecule has 0 unspecified atom stereocenters. The molecule has 0 aliphatic carbocycles. The van der Waals surface area contributed by atoms with Gasteiger partial charge in [0.25, 0.3) is 0 Å². The third-order valence-electron chi connectivity index (χ3n) is 4.23. The number of pyridine rings is 1. The molecule has 6 heteroatoms. The van der Waals surface area contributed by atoms with Gasteiger partial charge in [0.2, 0.25) is 5.91 Å². The Labute approximate surface area is 156 Å². The molecular weight excluding hydrogens is 346 g/mol. The predicted octanol–water partition coefficient (Wildman–Crippen LogP) is 2.88. The van der Waals surface area contributed by atoms with Crippen LogP contribution >= 0.6 is 11.3 Å². The first-order valence-electron chi connectivity index (χ1n) is 8.49. The molecule has 0 radical (unpaired) electrons. The van der Waals surface area contributed by atoms with Crippen LogP contribution in [0, 0.1) is 6.92 Å². The van der Waals surface area contributed by atoms with E-state index in [0.717, 1.165) is 29.0 Å². The number of aromatic nitrogens is 2. The quantitative estimate of drug-likeness (QED) is 0.645. The van der Waals surface area contributed by atoms with Gasteiger partial charge in [0, 0.05) is 36.6 Å². The van der Waals surface area contributed by atoms with Crippen molar-refractivity contribution in [3.05, 3.63) is 86.7 Å². The summed E-state index contributed by atoms with van der Waals surface area (Å²) in [6.07, 6.45) is 4.25. The Morgan fingerprint density at radius 3 is 2.58 bits per heavy atom. The van der Waals surface area contributed by atoms with Gasteiger partial charge in [-0.1, -0.05) is 47.7 Å². The van der Waals surface area contributed by atoms with E-state index in [0.29, 0.717) is 13.1 Å². The second kappa shape index (κ2) is 8.58. The summed E-state index contributed by atoms with van der Waals surface area (Å²) in [4.78, 5) is 30.7. The summed E-state index contributed by atoms with van der Waals surface area (Å²) >= 11 is 1.13. The molecule has 0 aliphatic rings. The van der Waals surface area contributed by atoms with Crippen LogP contribution in [0.2, 0.25) is 0 Å². The molecule has 0 fully saturated rings. The van der Waals surface area contributed by atoms with E-state index < -0.39 is 0 Å². The van der Waals surface area contributed by atoms with E-state index in [9.17, 15) is 9.59 Å². The van der Waals surface area contributed by atoms with Crippen molar-refractivity contribution in [2.75, 3.05) is 6.54 Å². The zero-order chi connectivity index (χ0) is 18.4. The molecule has 134 valence electrons. The Bertz CT molecular complexity index is 904. The monoisotopic (exact) mass is 367 g/mol. The Balaban J connectivity index is 1.75. The molecule has 0 N–H and O–H groups in total. The van der Waals surface area contributed by atoms with Crippen LogP contribution in [-0.2, 0) is 24.3 Å². The van der Waals surface area contributed by atoms with E-state index in [1.54, 1.807) is 22.7 Å². The second-order valence-electron chi connectivity index (χ2n) is 6.14. The number of hydrogen-bond donors (Lipinski definition) is 0. The van der Waals surface area contributed by atoms with E-state index >= 15 is 0 Å². The molecule has 0 bridgehead atoms. The Morgan fingerprint density at radius 2 is 1.92 bits per heavy atom. The smallest absolute Gasteiger partial charge is 0.307 e. The Morgan fingerprint density at radius 1 is 1.15 bits per heavy atom. The van der Waals surface area contributed by atoms with Gasteiger partial charge in [0.15, 0.2) is 0 Å². The maximum absolute atomic E-state index is 12.9.